The first-order valence-corrected chi connectivity index (χ1v) is 9.84. The second kappa shape index (κ2) is 8.32. The number of amides is 1. The van der Waals surface area contributed by atoms with Crippen LogP contribution in [-0.4, -0.2) is 26.4 Å². The number of aromatic nitrogens is 3. The maximum Gasteiger partial charge on any atom is 0.234 e. The first-order valence-electron chi connectivity index (χ1n) is 8.85. The maximum absolute atomic E-state index is 13.0. The number of aryl methyl sites for hydroxylation is 1. The molecule has 0 radical (unpaired) electrons. The number of benzene rings is 2. The minimum atomic E-state index is -0.351. The van der Waals surface area contributed by atoms with Gasteiger partial charge in [0, 0.05) is 11.4 Å². The summed E-state index contributed by atoms with van der Waals surface area (Å²) in [5.41, 5.74) is 2.26. The minimum absolute atomic E-state index is 0.132. The summed E-state index contributed by atoms with van der Waals surface area (Å²) in [5.74, 6) is 0.942. The highest BCUT2D eigenvalue weighted by Gasteiger charge is 2.19. The van der Waals surface area contributed by atoms with Crippen LogP contribution in [0.1, 0.15) is 5.76 Å². The number of thioether (sulfide) groups is 1. The predicted molar refractivity (Wildman–Crippen MR) is 110 cm³/mol. The van der Waals surface area contributed by atoms with Gasteiger partial charge in [0.25, 0.3) is 0 Å². The summed E-state index contributed by atoms with van der Waals surface area (Å²) in [7, 11) is 0. The highest BCUT2D eigenvalue weighted by Crippen LogP contribution is 2.30. The van der Waals surface area contributed by atoms with Crippen molar-refractivity contribution in [1.82, 2.24) is 14.8 Å². The summed E-state index contributed by atoms with van der Waals surface area (Å²) >= 11 is 1.27. The maximum atomic E-state index is 13.0. The van der Waals surface area contributed by atoms with Crippen molar-refractivity contribution in [3.63, 3.8) is 0 Å². The number of furan rings is 1. The van der Waals surface area contributed by atoms with E-state index in [1.54, 1.807) is 6.26 Å². The van der Waals surface area contributed by atoms with Crippen LogP contribution in [0.2, 0.25) is 0 Å². The van der Waals surface area contributed by atoms with Crippen molar-refractivity contribution in [2.75, 3.05) is 11.1 Å². The summed E-state index contributed by atoms with van der Waals surface area (Å²) < 4.78 is 20.3. The van der Waals surface area contributed by atoms with E-state index < -0.39 is 0 Å². The van der Waals surface area contributed by atoms with E-state index in [-0.39, 0.29) is 17.5 Å². The Hall–Kier alpha value is -3.39. The molecule has 0 aliphatic carbocycles. The highest BCUT2D eigenvalue weighted by atomic mass is 32.2. The lowest BCUT2D eigenvalue weighted by molar-refractivity contribution is -0.113. The van der Waals surface area contributed by atoms with Crippen molar-refractivity contribution < 1.29 is 13.6 Å². The van der Waals surface area contributed by atoms with Crippen LogP contribution in [0.15, 0.2) is 76.5 Å². The molecule has 1 N–H and O–H groups in total. The number of hydrogen-bond acceptors (Lipinski definition) is 5. The highest BCUT2D eigenvalue weighted by molar-refractivity contribution is 7.99. The molecular formula is C21H17FN4O2S. The van der Waals surface area contributed by atoms with Gasteiger partial charge >= 0.3 is 0 Å². The van der Waals surface area contributed by atoms with Crippen molar-refractivity contribution in [2.45, 2.75) is 12.1 Å². The number of carbonyl (C=O) groups is 1. The molecule has 2 aromatic carbocycles. The normalized spacial score (nSPS) is 10.8. The van der Waals surface area contributed by atoms with E-state index in [1.165, 1.54) is 36.0 Å². The molecule has 0 spiro atoms. The molecule has 0 saturated heterocycles. The van der Waals surface area contributed by atoms with E-state index in [0.29, 0.717) is 16.7 Å². The van der Waals surface area contributed by atoms with Crippen LogP contribution < -0.4 is 5.32 Å². The summed E-state index contributed by atoms with van der Waals surface area (Å²) in [6.07, 6.45) is 1.61. The van der Waals surface area contributed by atoms with Gasteiger partial charge in [-0.25, -0.2) is 4.39 Å². The molecule has 0 unspecified atom stereocenters. The molecule has 1 amide bonds. The summed E-state index contributed by atoms with van der Waals surface area (Å²) in [5, 5.41) is 11.9. The third kappa shape index (κ3) is 4.22. The zero-order valence-corrected chi connectivity index (χ0v) is 16.3. The molecule has 0 atom stereocenters. The third-order valence-electron chi connectivity index (χ3n) is 4.21. The second-order valence-electron chi connectivity index (χ2n) is 6.21. The van der Waals surface area contributed by atoms with Crippen LogP contribution in [0.3, 0.4) is 0 Å². The van der Waals surface area contributed by atoms with Gasteiger partial charge in [-0.05, 0) is 49.4 Å². The van der Waals surface area contributed by atoms with Crippen molar-refractivity contribution in [3.05, 3.63) is 78.5 Å². The number of nitrogens with one attached hydrogen (secondary N) is 1. The van der Waals surface area contributed by atoms with Gasteiger partial charge in [0.1, 0.15) is 11.6 Å². The van der Waals surface area contributed by atoms with E-state index in [2.05, 4.69) is 15.5 Å². The first-order chi connectivity index (χ1) is 14.1. The van der Waals surface area contributed by atoms with E-state index >= 15 is 0 Å². The molecule has 0 aliphatic rings. The Bertz CT molecular complexity index is 1120. The zero-order valence-electron chi connectivity index (χ0n) is 15.5. The standard InChI is InChI=1S/C21H17FN4O2S/c1-14-18(11-12-28-14)20-24-25-21(26(20)17-5-3-2-4-6-17)29-13-19(27)23-16-9-7-15(22)8-10-16/h2-12H,13H2,1H3,(H,23,27). The van der Waals surface area contributed by atoms with Gasteiger partial charge in [-0.3, -0.25) is 9.36 Å². The van der Waals surface area contributed by atoms with Crippen LogP contribution in [0.4, 0.5) is 10.1 Å². The Morgan fingerprint density at radius 3 is 2.55 bits per heavy atom. The van der Waals surface area contributed by atoms with Gasteiger partial charge in [0.05, 0.1) is 17.6 Å². The van der Waals surface area contributed by atoms with E-state index in [4.69, 9.17) is 4.42 Å². The number of rotatable bonds is 6. The largest absolute Gasteiger partial charge is 0.469 e. The molecule has 0 saturated carbocycles. The minimum Gasteiger partial charge on any atom is -0.469 e. The third-order valence-corrected chi connectivity index (χ3v) is 5.14. The van der Waals surface area contributed by atoms with E-state index in [0.717, 1.165) is 17.0 Å². The molecule has 146 valence electrons. The van der Waals surface area contributed by atoms with Gasteiger partial charge in [-0.2, -0.15) is 0 Å². The Morgan fingerprint density at radius 2 is 1.86 bits per heavy atom. The molecule has 2 aromatic heterocycles. The Morgan fingerprint density at radius 1 is 1.10 bits per heavy atom. The SMILES string of the molecule is Cc1occc1-c1nnc(SCC(=O)Nc2ccc(F)cc2)n1-c1ccccc1. The average molecular weight is 408 g/mol. The van der Waals surface area contributed by atoms with Crippen LogP contribution in [-0.2, 0) is 4.79 Å². The fourth-order valence-corrected chi connectivity index (χ4v) is 3.58. The molecule has 4 aromatic rings. The number of halogens is 1. The summed E-state index contributed by atoms with van der Waals surface area (Å²) in [6, 6.07) is 17.2. The molecular weight excluding hydrogens is 391 g/mol. The predicted octanol–water partition coefficient (Wildman–Crippen LogP) is 4.71. The van der Waals surface area contributed by atoms with Gasteiger partial charge < -0.3 is 9.73 Å². The Labute approximate surface area is 170 Å². The summed E-state index contributed by atoms with van der Waals surface area (Å²) in [6.45, 7) is 1.86. The van der Waals surface area contributed by atoms with Gasteiger partial charge in [0.2, 0.25) is 5.91 Å². The Kier molecular flexibility index (Phi) is 5.44. The number of carbonyl (C=O) groups excluding carboxylic acids is 1. The lowest BCUT2D eigenvalue weighted by Gasteiger charge is -2.10. The van der Waals surface area contributed by atoms with Gasteiger partial charge in [-0.15, -0.1) is 10.2 Å². The van der Waals surface area contributed by atoms with Crippen molar-refractivity contribution in [2.24, 2.45) is 0 Å². The topological polar surface area (TPSA) is 72.9 Å². The zero-order chi connectivity index (χ0) is 20.2. The molecule has 29 heavy (non-hydrogen) atoms. The van der Waals surface area contributed by atoms with Crippen molar-refractivity contribution in [3.8, 4) is 17.1 Å². The molecule has 2 heterocycles. The van der Waals surface area contributed by atoms with Crippen LogP contribution in [0, 0.1) is 12.7 Å². The van der Waals surface area contributed by atoms with E-state index in [1.807, 2.05) is 47.9 Å². The molecule has 0 aliphatic heterocycles. The molecule has 0 bridgehead atoms. The lowest BCUT2D eigenvalue weighted by Crippen LogP contribution is -2.14. The van der Waals surface area contributed by atoms with Crippen molar-refractivity contribution >= 4 is 23.4 Å². The van der Waals surface area contributed by atoms with Crippen LogP contribution in [0.5, 0.6) is 0 Å². The molecule has 4 rings (SSSR count). The monoisotopic (exact) mass is 408 g/mol. The molecule has 0 fully saturated rings. The molecule has 6 nitrogen and oxygen atoms in total. The Balaban J connectivity index is 1.57. The lowest BCUT2D eigenvalue weighted by atomic mass is 10.2. The summed E-state index contributed by atoms with van der Waals surface area (Å²) in [4.78, 5) is 12.3. The van der Waals surface area contributed by atoms with Gasteiger partial charge in [-0.1, -0.05) is 30.0 Å². The van der Waals surface area contributed by atoms with Crippen molar-refractivity contribution in [1.29, 1.82) is 0 Å². The number of anilines is 1. The molecule has 8 heteroatoms. The van der Waals surface area contributed by atoms with Crippen LogP contribution in [0.25, 0.3) is 17.1 Å². The number of para-hydroxylation sites is 1. The fraction of sp³-hybridized carbons (Fsp3) is 0.0952. The first kappa shape index (κ1) is 18.9. The number of nitrogens with zero attached hydrogens (tertiary/aromatic N) is 3. The smallest absolute Gasteiger partial charge is 0.234 e. The van der Waals surface area contributed by atoms with Crippen LogP contribution >= 0.6 is 11.8 Å². The second-order valence-corrected chi connectivity index (χ2v) is 7.15. The van der Waals surface area contributed by atoms with Gasteiger partial charge in [0.15, 0.2) is 11.0 Å². The number of hydrogen-bond donors (Lipinski definition) is 1. The van der Waals surface area contributed by atoms with E-state index in [9.17, 15) is 9.18 Å². The quantitative estimate of drug-likeness (QED) is 0.468. The fourth-order valence-electron chi connectivity index (χ4n) is 2.83. The average Bonchev–Trinajstić information content (AvgIpc) is 3.34.